The zero-order chi connectivity index (χ0) is 22.8. The van der Waals surface area contributed by atoms with E-state index < -0.39 is 0 Å². The average Bonchev–Trinajstić information content (AvgIpc) is 3.39. The maximum absolute atomic E-state index is 2.39. The maximum Gasteiger partial charge on any atom is 0.261 e. The topological polar surface area (TPSA) is 17.6 Å². The number of fused-ring (bicyclic) bond motifs is 6. The lowest BCUT2D eigenvalue weighted by Gasteiger charge is -2.10. The Morgan fingerprint density at radius 3 is 1.62 bits per heavy atom. The van der Waals surface area contributed by atoms with E-state index in [0.29, 0.717) is 0 Å². The smallest absolute Gasteiger partial charge is 0.243 e. The van der Waals surface area contributed by atoms with Crippen LogP contribution in [0.3, 0.4) is 0 Å². The van der Waals surface area contributed by atoms with Crippen molar-refractivity contribution in [2.45, 2.75) is 0 Å². The third-order valence-corrected chi connectivity index (χ3v) is 7.01. The highest BCUT2D eigenvalue weighted by atomic mass is 15.2. The first-order valence-corrected chi connectivity index (χ1v) is 11.6. The molecule has 0 aliphatic carbocycles. The minimum atomic E-state index is 1.13. The van der Waals surface area contributed by atoms with Gasteiger partial charge in [0.2, 0.25) is 11.5 Å². The van der Waals surface area contributed by atoms with Gasteiger partial charge in [-0.05, 0) is 30.3 Å². The van der Waals surface area contributed by atoms with Crippen molar-refractivity contribution < 1.29 is 9.13 Å². The van der Waals surface area contributed by atoms with Crippen LogP contribution in [0.1, 0.15) is 0 Å². The zero-order valence-electron chi connectivity index (χ0n) is 19.2. The van der Waals surface area contributed by atoms with Crippen molar-refractivity contribution >= 4 is 43.7 Å². The fourth-order valence-corrected chi connectivity index (χ4v) is 5.50. The normalized spacial score (nSPS) is 11.8. The maximum atomic E-state index is 2.39. The van der Waals surface area contributed by atoms with Gasteiger partial charge in [0.05, 0.1) is 25.7 Å². The lowest BCUT2D eigenvalue weighted by molar-refractivity contribution is -0.668. The van der Waals surface area contributed by atoms with Gasteiger partial charge in [-0.1, -0.05) is 60.7 Å². The van der Waals surface area contributed by atoms with Gasteiger partial charge in [-0.3, -0.25) is 0 Å². The van der Waals surface area contributed by atoms with Gasteiger partial charge < -0.3 is 0 Å². The molecular formula is C30H24N4+2. The molecule has 0 N–H and O–H groups in total. The van der Waals surface area contributed by atoms with E-state index in [0.717, 1.165) is 11.6 Å². The molecule has 0 fully saturated rings. The van der Waals surface area contributed by atoms with E-state index in [-0.39, 0.29) is 0 Å². The summed E-state index contributed by atoms with van der Waals surface area (Å²) < 4.78 is 9.28. The summed E-state index contributed by atoms with van der Waals surface area (Å²) in [6, 6.07) is 36.9. The Bertz CT molecular complexity index is 1830. The van der Waals surface area contributed by atoms with Crippen LogP contribution in [0.15, 0.2) is 109 Å². The monoisotopic (exact) mass is 440 g/mol. The number of nitrogens with zero attached hydrogens (tertiary/aromatic N) is 4. The van der Waals surface area contributed by atoms with Gasteiger partial charge in [0.1, 0.15) is 16.6 Å². The highest BCUT2D eigenvalue weighted by Gasteiger charge is 2.26. The predicted molar refractivity (Wildman–Crippen MR) is 137 cm³/mol. The van der Waals surface area contributed by atoms with Gasteiger partial charge in [0.15, 0.2) is 0 Å². The van der Waals surface area contributed by atoms with E-state index in [1.165, 1.54) is 43.7 Å². The Kier molecular flexibility index (Phi) is 3.94. The van der Waals surface area contributed by atoms with Crippen molar-refractivity contribution in [3.63, 3.8) is 0 Å². The molecule has 4 heterocycles. The summed E-state index contributed by atoms with van der Waals surface area (Å²) in [5.74, 6) is 2.26. The molecule has 0 radical (unpaired) electrons. The first-order chi connectivity index (χ1) is 16.7. The number of hydrogen-bond donors (Lipinski definition) is 0. The quantitative estimate of drug-likeness (QED) is 0.315. The number of benzene rings is 3. The Balaban J connectivity index is 1.67. The molecule has 0 aliphatic rings. The molecule has 0 saturated heterocycles. The van der Waals surface area contributed by atoms with Crippen LogP contribution in [0, 0.1) is 0 Å². The summed E-state index contributed by atoms with van der Waals surface area (Å²) in [6.45, 7) is 0. The van der Waals surface area contributed by atoms with Crippen molar-refractivity contribution in [1.82, 2.24) is 9.13 Å². The van der Waals surface area contributed by atoms with Crippen LogP contribution < -0.4 is 9.13 Å². The molecule has 7 rings (SSSR count). The van der Waals surface area contributed by atoms with Gasteiger partial charge in [0.25, 0.3) is 5.82 Å². The van der Waals surface area contributed by atoms with E-state index in [2.05, 4.69) is 142 Å². The molecule has 162 valence electrons. The van der Waals surface area contributed by atoms with E-state index in [1.54, 1.807) is 0 Å². The van der Waals surface area contributed by atoms with Crippen molar-refractivity contribution in [1.29, 1.82) is 0 Å². The number of aryl methyl sites for hydroxylation is 2. The largest absolute Gasteiger partial charge is 0.261 e. The molecule has 4 nitrogen and oxygen atoms in total. The molecule has 0 aliphatic heterocycles. The molecular weight excluding hydrogens is 416 g/mol. The summed E-state index contributed by atoms with van der Waals surface area (Å²) in [7, 11) is 4.28. The second-order valence-corrected chi connectivity index (χ2v) is 8.88. The molecule has 0 atom stereocenters. The van der Waals surface area contributed by atoms with Crippen molar-refractivity contribution in [3.05, 3.63) is 109 Å². The van der Waals surface area contributed by atoms with Crippen molar-refractivity contribution in [2.75, 3.05) is 0 Å². The number of rotatable bonds is 2. The average molecular weight is 441 g/mol. The SMILES string of the molecule is C[n+]1ccccc1-n1c2ccccc2c2ccc(-n3c4ccccc4c4ccccc43)[n+](C)c21. The third-order valence-electron chi connectivity index (χ3n) is 7.01. The zero-order valence-corrected chi connectivity index (χ0v) is 19.2. The molecule has 4 aromatic heterocycles. The lowest BCUT2D eigenvalue weighted by atomic mass is 10.2. The lowest BCUT2D eigenvalue weighted by Crippen LogP contribution is -2.39. The van der Waals surface area contributed by atoms with Crippen LogP contribution in [-0.2, 0) is 14.1 Å². The summed E-state index contributed by atoms with van der Waals surface area (Å²) in [4.78, 5) is 0. The minimum absolute atomic E-state index is 1.13. The molecule has 3 aromatic carbocycles. The second kappa shape index (κ2) is 7.03. The van der Waals surface area contributed by atoms with Crippen LogP contribution in [0.4, 0.5) is 0 Å². The highest BCUT2D eigenvalue weighted by molar-refractivity contribution is 6.09. The first-order valence-electron chi connectivity index (χ1n) is 11.6. The van der Waals surface area contributed by atoms with Crippen molar-refractivity contribution in [2.24, 2.45) is 14.1 Å². The molecule has 7 aromatic rings. The van der Waals surface area contributed by atoms with Crippen LogP contribution in [0.5, 0.6) is 0 Å². The van der Waals surface area contributed by atoms with Crippen molar-refractivity contribution in [3.8, 4) is 11.6 Å². The van der Waals surface area contributed by atoms with Crippen LogP contribution in [0.25, 0.3) is 55.4 Å². The Hall–Kier alpha value is -4.44. The van der Waals surface area contributed by atoms with Gasteiger partial charge in [-0.25, -0.2) is 13.7 Å². The van der Waals surface area contributed by atoms with Crippen LogP contribution in [-0.4, -0.2) is 9.13 Å². The van der Waals surface area contributed by atoms with E-state index >= 15 is 0 Å². The third kappa shape index (κ3) is 2.48. The van der Waals surface area contributed by atoms with Gasteiger partial charge >= 0.3 is 0 Å². The number of pyridine rings is 2. The molecule has 0 unspecified atom stereocenters. The molecule has 0 spiro atoms. The van der Waals surface area contributed by atoms with Gasteiger partial charge in [0, 0.05) is 28.3 Å². The molecule has 0 amide bonds. The standard InChI is InChI=1S/C30H24N4/c1-31-20-10-9-17-28(31)34-27-16-8-5-13-23(27)24-18-19-29(32(2)30(24)34)33-25-14-6-3-11-21(25)22-12-4-7-15-26(22)33/h3-20H,1-2H3/q+2. The van der Waals surface area contributed by atoms with Crippen LogP contribution >= 0.6 is 0 Å². The van der Waals surface area contributed by atoms with Gasteiger partial charge in [-0.2, -0.15) is 4.57 Å². The predicted octanol–water partition coefficient (Wildman–Crippen LogP) is 5.53. The molecule has 0 saturated carbocycles. The Morgan fingerprint density at radius 1 is 0.471 bits per heavy atom. The molecule has 0 bridgehead atoms. The Labute approximate surface area is 197 Å². The molecule has 4 heteroatoms. The molecule has 34 heavy (non-hydrogen) atoms. The summed E-state index contributed by atoms with van der Waals surface area (Å²) in [6.07, 6.45) is 2.10. The Morgan fingerprint density at radius 2 is 1.00 bits per heavy atom. The summed E-state index contributed by atoms with van der Waals surface area (Å²) in [5, 5.41) is 5.04. The summed E-state index contributed by atoms with van der Waals surface area (Å²) in [5.41, 5.74) is 4.80. The fourth-order valence-electron chi connectivity index (χ4n) is 5.50. The number of aromatic nitrogens is 4. The highest BCUT2D eigenvalue weighted by Crippen LogP contribution is 2.33. The van der Waals surface area contributed by atoms with E-state index in [1.807, 2.05) is 0 Å². The van der Waals surface area contributed by atoms with E-state index in [4.69, 9.17) is 0 Å². The summed E-state index contributed by atoms with van der Waals surface area (Å²) >= 11 is 0. The fraction of sp³-hybridized carbons (Fsp3) is 0.0667. The van der Waals surface area contributed by atoms with Gasteiger partial charge in [-0.15, -0.1) is 0 Å². The number of para-hydroxylation sites is 3. The number of hydrogen-bond acceptors (Lipinski definition) is 0. The van der Waals surface area contributed by atoms with Crippen LogP contribution in [0.2, 0.25) is 0 Å². The second-order valence-electron chi connectivity index (χ2n) is 8.88. The first kappa shape index (κ1) is 19.1. The van der Waals surface area contributed by atoms with E-state index in [9.17, 15) is 0 Å². The minimum Gasteiger partial charge on any atom is -0.243 e.